The van der Waals surface area contributed by atoms with Crippen LogP contribution in [0.2, 0.25) is 0 Å². The lowest BCUT2D eigenvalue weighted by atomic mass is 10.2. The summed E-state index contributed by atoms with van der Waals surface area (Å²) in [5.74, 6) is -0.0764. The summed E-state index contributed by atoms with van der Waals surface area (Å²) in [6.07, 6.45) is -0.847. The number of hydrazone groups is 1. The zero-order chi connectivity index (χ0) is 17.8. The molecule has 0 unspecified atom stereocenters. The lowest BCUT2D eigenvalue weighted by molar-refractivity contribution is 0.0341. The molecule has 0 saturated carbocycles. The number of rotatable bonds is 2. The van der Waals surface area contributed by atoms with Crippen molar-refractivity contribution in [3.8, 4) is 0 Å². The van der Waals surface area contributed by atoms with Crippen molar-refractivity contribution in [1.82, 2.24) is 14.2 Å². The molecule has 0 radical (unpaired) electrons. The maximum absolute atomic E-state index is 13.0. The van der Waals surface area contributed by atoms with Gasteiger partial charge in [-0.3, -0.25) is 9.69 Å². The Bertz CT molecular complexity index is 986. The SMILES string of the molecule is CN(C)[C@H]1N(C(=O)c2ccccc2)N=C2c3ccccc3S(=O)(=O)N21. The van der Waals surface area contributed by atoms with Gasteiger partial charge < -0.3 is 0 Å². The summed E-state index contributed by atoms with van der Waals surface area (Å²) in [6.45, 7) is 0. The van der Waals surface area contributed by atoms with Crippen LogP contribution >= 0.6 is 0 Å². The highest BCUT2D eigenvalue weighted by Gasteiger charge is 2.52. The van der Waals surface area contributed by atoms with Gasteiger partial charge in [0.1, 0.15) is 0 Å². The van der Waals surface area contributed by atoms with Crippen molar-refractivity contribution in [2.24, 2.45) is 5.10 Å². The molecule has 4 rings (SSSR count). The quantitative estimate of drug-likeness (QED) is 0.814. The van der Waals surface area contributed by atoms with Crippen LogP contribution in [0.4, 0.5) is 0 Å². The number of amidine groups is 1. The summed E-state index contributed by atoms with van der Waals surface area (Å²) in [4.78, 5) is 14.8. The standard InChI is InChI=1S/C17H16N4O3S/c1-19(2)17-20(16(22)12-8-4-3-5-9-12)18-15-13-10-6-7-11-14(13)25(23,24)21(15)17/h3-11,17H,1-2H3/t17-/m0/s1. The summed E-state index contributed by atoms with van der Waals surface area (Å²) in [6, 6.07) is 15.4. The molecule has 2 heterocycles. The van der Waals surface area contributed by atoms with E-state index in [2.05, 4.69) is 5.10 Å². The van der Waals surface area contributed by atoms with E-state index in [4.69, 9.17) is 0 Å². The fourth-order valence-corrected chi connectivity index (χ4v) is 4.88. The number of sulfonamides is 1. The minimum absolute atomic E-state index is 0.215. The molecule has 8 heteroatoms. The van der Waals surface area contributed by atoms with Crippen LogP contribution in [0, 0.1) is 0 Å². The molecule has 2 aromatic carbocycles. The van der Waals surface area contributed by atoms with Crippen LogP contribution in [0.3, 0.4) is 0 Å². The average molecular weight is 356 g/mol. The molecule has 1 atom stereocenters. The first-order valence-corrected chi connectivity index (χ1v) is 9.14. The van der Waals surface area contributed by atoms with Crippen molar-refractivity contribution in [3.63, 3.8) is 0 Å². The molecule has 0 aromatic heterocycles. The number of amides is 1. The van der Waals surface area contributed by atoms with E-state index in [0.29, 0.717) is 11.1 Å². The average Bonchev–Trinajstić information content (AvgIpc) is 3.11. The topological polar surface area (TPSA) is 73.3 Å². The predicted octanol–water partition coefficient (Wildman–Crippen LogP) is 1.35. The zero-order valence-corrected chi connectivity index (χ0v) is 14.5. The molecule has 0 bridgehead atoms. The second kappa shape index (κ2) is 5.40. The van der Waals surface area contributed by atoms with Crippen LogP contribution in [-0.4, -0.2) is 54.8 Å². The van der Waals surface area contributed by atoms with E-state index in [-0.39, 0.29) is 16.6 Å². The molecule has 0 aliphatic carbocycles. The molecule has 2 aliphatic heterocycles. The number of hydrogen-bond donors (Lipinski definition) is 0. The van der Waals surface area contributed by atoms with Crippen LogP contribution in [-0.2, 0) is 10.0 Å². The Morgan fingerprint density at radius 3 is 2.36 bits per heavy atom. The molecule has 1 amide bonds. The zero-order valence-electron chi connectivity index (χ0n) is 13.7. The van der Waals surface area contributed by atoms with Crippen molar-refractivity contribution in [2.75, 3.05) is 14.1 Å². The number of fused-ring (bicyclic) bond motifs is 3. The maximum atomic E-state index is 13.0. The fourth-order valence-electron chi connectivity index (χ4n) is 3.09. The van der Waals surface area contributed by atoms with E-state index in [1.54, 1.807) is 67.5 Å². The van der Waals surface area contributed by atoms with Gasteiger partial charge >= 0.3 is 0 Å². The van der Waals surface area contributed by atoms with Gasteiger partial charge in [0, 0.05) is 11.1 Å². The molecule has 0 saturated heterocycles. The van der Waals surface area contributed by atoms with E-state index in [0.717, 1.165) is 0 Å². The lowest BCUT2D eigenvalue weighted by Gasteiger charge is -2.32. The first kappa shape index (κ1) is 15.8. The Hall–Kier alpha value is -2.71. The van der Waals surface area contributed by atoms with Crippen LogP contribution in [0.25, 0.3) is 0 Å². The van der Waals surface area contributed by atoms with Crippen molar-refractivity contribution in [3.05, 3.63) is 65.7 Å². The highest BCUT2D eigenvalue weighted by Crippen LogP contribution is 2.38. The Balaban J connectivity index is 1.87. The normalized spacial score (nSPS) is 20.4. The minimum atomic E-state index is -3.76. The van der Waals surface area contributed by atoms with Crippen LogP contribution in [0.5, 0.6) is 0 Å². The summed E-state index contributed by atoms with van der Waals surface area (Å²) >= 11 is 0. The van der Waals surface area contributed by atoms with Gasteiger partial charge in [-0.25, -0.2) is 12.7 Å². The predicted molar refractivity (Wildman–Crippen MR) is 92.1 cm³/mol. The Labute approximate surface area is 145 Å². The Kier molecular flexibility index (Phi) is 3.41. The number of nitrogens with zero attached hydrogens (tertiary/aromatic N) is 4. The molecule has 0 fully saturated rings. The smallest absolute Gasteiger partial charge is 0.270 e. The maximum Gasteiger partial charge on any atom is 0.277 e. The molecule has 0 N–H and O–H groups in total. The van der Waals surface area contributed by atoms with Gasteiger partial charge in [0.05, 0.1) is 4.90 Å². The summed E-state index contributed by atoms with van der Waals surface area (Å²) in [5.41, 5.74) is 0.961. The molecular weight excluding hydrogens is 340 g/mol. The number of carbonyl (C=O) groups is 1. The second-order valence-corrected chi connectivity index (χ2v) is 7.83. The van der Waals surface area contributed by atoms with Gasteiger partial charge in [-0.1, -0.05) is 30.3 Å². The van der Waals surface area contributed by atoms with Crippen molar-refractivity contribution in [1.29, 1.82) is 0 Å². The van der Waals surface area contributed by atoms with Gasteiger partial charge in [0.15, 0.2) is 12.1 Å². The molecule has 128 valence electrons. The van der Waals surface area contributed by atoms with E-state index < -0.39 is 16.3 Å². The van der Waals surface area contributed by atoms with Crippen molar-refractivity contribution < 1.29 is 13.2 Å². The molecule has 2 aromatic rings. The van der Waals surface area contributed by atoms with Gasteiger partial charge in [0.25, 0.3) is 15.9 Å². The number of hydrogen-bond acceptors (Lipinski definition) is 5. The highest BCUT2D eigenvalue weighted by atomic mass is 32.2. The van der Waals surface area contributed by atoms with E-state index in [9.17, 15) is 13.2 Å². The third-order valence-electron chi connectivity index (χ3n) is 4.20. The Morgan fingerprint density at radius 1 is 1.04 bits per heavy atom. The summed E-state index contributed by atoms with van der Waals surface area (Å²) < 4.78 is 27.1. The van der Waals surface area contributed by atoms with E-state index in [1.807, 2.05) is 6.07 Å². The highest BCUT2D eigenvalue weighted by molar-refractivity contribution is 7.90. The first-order valence-electron chi connectivity index (χ1n) is 7.70. The van der Waals surface area contributed by atoms with Gasteiger partial charge in [-0.05, 0) is 38.4 Å². The van der Waals surface area contributed by atoms with E-state index >= 15 is 0 Å². The minimum Gasteiger partial charge on any atom is -0.270 e. The van der Waals surface area contributed by atoms with Crippen LogP contribution < -0.4 is 0 Å². The largest absolute Gasteiger partial charge is 0.277 e. The van der Waals surface area contributed by atoms with Crippen LogP contribution in [0.15, 0.2) is 64.6 Å². The molecule has 2 aliphatic rings. The van der Waals surface area contributed by atoms with Crippen molar-refractivity contribution in [2.45, 2.75) is 11.2 Å². The monoisotopic (exact) mass is 356 g/mol. The third kappa shape index (κ3) is 2.18. The summed E-state index contributed by atoms with van der Waals surface area (Å²) in [7, 11) is -0.329. The summed E-state index contributed by atoms with van der Waals surface area (Å²) in [5, 5.41) is 5.59. The first-order chi connectivity index (χ1) is 11.9. The van der Waals surface area contributed by atoms with Gasteiger partial charge in [-0.2, -0.15) is 5.01 Å². The van der Waals surface area contributed by atoms with Gasteiger partial charge in [-0.15, -0.1) is 5.10 Å². The Morgan fingerprint density at radius 2 is 1.68 bits per heavy atom. The number of carbonyl (C=O) groups excluding carboxylic acids is 1. The fraction of sp³-hybridized carbons (Fsp3) is 0.176. The molecular formula is C17H16N4O3S. The van der Waals surface area contributed by atoms with Crippen molar-refractivity contribution >= 4 is 21.8 Å². The van der Waals surface area contributed by atoms with Crippen LogP contribution in [0.1, 0.15) is 15.9 Å². The molecule has 25 heavy (non-hydrogen) atoms. The second-order valence-electron chi connectivity index (χ2n) is 6.05. The molecule has 7 nitrogen and oxygen atoms in total. The van der Waals surface area contributed by atoms with Gasteiger partial charge in [0.2, 0.25) is 0 Å². The molecule has 0 spiro atoms. The lowest BCUT2D eigenvalue weighted by Crippen LogP contribution is -2.53. The third-order valence-corrected chi connectivity index (χ3v) is 5.99. The van der Waals surface area contributed by atoms with E-state index in [1.165, 1.54) is 9.31 Å². The number of benzene rings is 2.